The van der Waals surface area contributed by atoms with Crippen LogP contribution in [0.5, 0.6) is 5.75 Å². The molecule has 3 amide bonds. The van der Waals surface area contributed by atoms with Gasteiger partial charge in [-0.3, -0.25) is 14.4 Å². The molecule has 0 aliphatic carbocycles. The zero-order chi connectivity index (χ0) is 27.6. The lowest BCUT2D eigenvalue weighted by molar-refractivity contribution is -0.122. The smallest absolute Gasteiger partial charge is 0.257 e. The largest absolute Gasteiger partial charge is 0.497 e. The minimum atomic E-state index is -0.945. The summed E-state index contributed by atoms with van der Waals surface area (Å²) in [7, 11) is 1.55. The van der Waals surface area contributed by atoms with Crippen LogP contribution in [0.3, 0.4) is 0 Å². The number of amides is 3. The van der Waals surface area contributed by atoms with Gasteiger partial charge in [-0.25, -0.2) is 9.88 Å². The molecular weight excluding hydrogens is 506 g/mol. The summed E-state index contributed by atoms with van der Waals surface area (Å²) < 4.78 is 11.0. The molecule has 0 radical (unpaired) electrons. The molecule has 0 bridgehead atoms. The van der Waals surface area contributed by atoms with E-state index >= 15 is 0 Å². The first-order valence-electron chi connectivity index (χ1n) is 12.8. The minimum absolute atomic E-state index is 0.111. The van der Waals surface area contributed by atoms with Crippen molar-refractivity contribution in [2.45, 2.75) is 19.0 Å². The van der Waals surface area contributed by atoms with Crippen LogP contribution >= 0.6 is 0 Å². The Kier molecular flexibility index (Phi) is 6.57. The number of anilines is 1. The standard InChI is InChI=1S/C32H25N3O5/c1-39-25-17-13-23(14-18-25)31(37)34(20-21-7-3-2-4-8-21)27-19-29(36)35(32(27)38)24-15-11-22(12-16-24)30-33-26-9-5-6-10-28(26)40-30/h2-18,27H,19-20H2,1H3. The molecule has 2 heterocycles. The highest BCUT2D eigenvalue weighted by molar-refractivity contribution is 6.23. The van der Waals surface area contributed by atoms with Crippen LogP contribution in [0.15, 0.2) is 108 Å². The van der Waals surface area contributed by atoms with Gasteiger partial charge < -0.3 is 14.1 Å². The average molecular weight is 532 g/mol. The van der Waals surface area contributed by atoms with Gasteiger partial charge in [-0.2, -0.15) is 0 Å². The maximum absolute atomic E-state index is 13.7. The molecule has 8 heteroatoms. The first-order chi connectivity index (χ1) is 19.5. The zero-order valence-electron chi connectivity index (χ0n) is 21.7. The quantitative estimate of drug-likeness (QED) is 0.258. The Morgan fingerprint density at radius 3 is 2.33 bits per heavy atom. The van der Waals surface area contributed by atoms with Gasteiger partial charge in [-0.15, -0.1) is 0 Å². The number of carbonyl (C=O) groups is 3. The highest BCUT2D eigenvalue weighted by atomic mass is 16.5. The van der Waals surface area contributed by atoms with Crippen LogP contribution in [-0.4, -0.2) is 40.8 Å². The van der Waals surface area contributed by atoms with E-state index in [0.29, 0.717) is 28.5 Å². The fraction of sp³-hybridized carbons (Fsp3) is 0.125. The van der Waals surface area contributed by atoms with Gasteiger partial charge in [-0.05, 0) is 66.2 Å². The van der Waals surface area contributed by atoms with Gasteiger partial charge >= 0.3 is 0 Å². The molecule has 1 aliphatic rings. The van der Waals surface area contributed by atoms with Crippen LogP contribution in [0, 0.1) is 0 Å². The van der Waals surface area contributed by atoms with E-state index in [4.69, 9.17) is 9.15 Å². The van der Waals surface area contributed by atoms with Gasteiger partial charge in [0.15, 0.2) is 5.58 Å². The number of rotatable bonds is 7. The van der Waals surface area contributed by atoms with E-state index in [1.807, 2.05) is 54.6 Å². The van der Waals surface area contributed by atoms with Gasteiger partial charge in [-0.1, -0.05) is 42.5 Å². The second kappa shape index (κ2) is 10.5. The third-order valence-electron chi connectivity index (χ3n) is 6.96. The average Bonchev–Trinajstić information content (AvgIpc) is 3.56. The van der Waals surface area contributed by atoms with Crippen LogP contribution in [0.1, 0.15) is 22.3 Å². The molecule has 0 spiro atoms. The molecule has 0 N–H and O–H groups in total. The highest BCUT2D eigenvalue weighted by Gasteiger charge is 2.44. The van der Waals surface area contributed by atoms with Crippen molar-refractivity contribution in [3.8, 4) is 17.2 Å². The van der Waals surface area contributed by atoms with Gasteiger partial charge in [0.25, 0.3) is 11.8 Å². The maximum atomic E-state index is 13.7. The summed E-state index contributed by atoms with van der Waals surface area (Å²) in [6, 6.07) is 29.5. The molecule has 198 valence electrons. The van der Waals surface area contributed by atoms with Crippen LogP contribution < -0.4 is 9.64 Å². The van der Waals surface area contributed by atoms with Crippen molar-refractivity contribution in [1.29, 1.82) is 0 Å². The topological polar surface area (TPSA) is 92.9 Å². The molecule has 1 atom stereocenters. The van der Waals surface area contributed by atoms with Crippen LogP contribution in [0.4, 0.5) is 5.69 Å². The molecule has 0 saturated carbocycles. The Hall–Kier alpha value is -5.24. The predicted octanol–water partition coefficient (Wildman–Crippen LogP) is 5.48. The number of hydrogen-bond donors (Lipinski definition) is 0. The Balaban J connectivity index is 1.28. The van der Waals surface area contributed by atoms with Crippen molar-refractivity contribution in [2.75, 3.05) is 12.0 Å². The highest BCUT2D eigenvalue weighted by Crippen LogP contribution is 2.31. The Morgan fingerprint density at radius 2 is 1.62 bits per heavy atom. The predicted molar refractivity (Wildman–Crippen MR) is 150 cm³/mol. The number of methoxy groups -OCH3 is 1. The molecule has 1 saturated heterocycles. The van der Waals surface area contributed by atoms with E-state index in [-0.39, 0.29) is 24.8 Å². The first-order valence-corrected chi connectivity index (χ1v) is 12.8. The fourth-order valence-electron chi connectivity index (χ4n) is 4.88. The first kappa shape index (κ1) is 25.1. The third kappa shape index (κ3) is 4.71. The van der Waals surface area contributed by atoms with Crippen molar-refractivity contribution < 1.29 is 23.5 Å². The zero-order valence-corrected chi connectivity index (χ0v) is 21.7. The Bertz CT molecular complexity index is 1660. The van der Waals surface area contributed by atoms with Crippen LogP contribution in [0.2, 0.25) is 0 Å². The number of fused-ring (bicyclic) bond motifs is 1. The summed E-state index contributed by atoms with van der Waals surface area (Å²) in [4.78, 5) is 47.7. The van der Waals surface area contributed by atoms with Crippen molar-refractivity contribution in [1.82, 2.24) is 9.88 Å². The van der Waals surface area contributed by atoms with E-state index in [2.05, 4.69) is 4.98 Å². The molecule has 6 rings (SSSR count). The summed E-state index contributed by atoms with van der Waals surface area (Å²) >= 11 is 0. The molecule has 1 aliphatic heterocycles. The number of hydrogen-bond acceptors (Lipinski definition) is 6. The molecule has 40 heavy (non-hydrogen) atoms. The van der Waals surface area contributed by atoms with E-state index in [1.54, 1.807) is 55.6 Å². The summed E-state index contributed by atoms with van der Waals surface area (Å²) in [5, 5.41) is 0. The van der Waals surface area contributed by atoms with Crippen LogP contribution in [0.25, 0.3) is 22.6 Å². The number of ether oxygens (including phenoxy) is 1. The van der Waals surface area contributed by atoms with Gasteiger partial charge in [0.2, 0.25) is 11.8 Å². The number of oxazole rings is 1. The summed E-state index contributed by atoms with van der Waals surface area (Å²) in [5.74, 6) is -0.0944. The molecule has 8 nitrogen and oxygen atoms in total. The molecule has 1 fully saturated rings. The van der Waals surface area contributed by atoms with Gasteiger partial charge in [0.05, 0.1) is 19.2 Å². The SMILES string of the molecule is COc1ccc(C(=O)N(Cc2ccccc2)C2CC(=O)N(c3ccc(-c4nc5ccccc5o4)cc3)C2=O)cc1. The Labute approximate surface area is 230 Å². The summed E-state index contributed by atoms with van der Waals surface area (Å²) in [6.45, 7) is 0.180. The lowest BCUT2D eigenvalue weighted by Crippen LogP contribution is -2.45. The van der Waals surface area contributed by atoms with Crippen molar-refractivity contribution in [3.63, 3.8) is 0 Å². The number of benzene rings is 4. The van der Waals surface area contributed by atoms with E-state index in [1.165, 1.54) is 4.90 Å². The monoisotopic (exact) mass is 531 g/mol. The molecule has 5 aromatic rings. The number of aromatic nitrogens is 1. The normalized spacial score (nSPS) is 15.0. The third-order valence-corrected chi connectivity index (χ3v) is 6.96. The number of para-hydroxylation sites is 2. The molecule has 4 aromatic carbocycles. The van der Waals surface area contributed by atoms with Crippen molar-refractivity contribution in [3.05, 3.63) is 114 Å². The number of nitrogens with zero attached hydrogens (tertiary/aromatic N) is 3. The van der Waals surface area contributed by atoms with E-state index in [0.717, 1.165) is 21.5 Å². The lowest BCUT2D eigenvalue weighted by atomic mass is 10.1. The van der Waals surface area contributed by atoms with Gasteiger partial charge in [0, 0.05) is 17.7 Å². The fourth-order valence-corrected chi connectivity index (χ4v) is 4.88. The van der Waals surface area contributed by atoms with Gasteiger partial charge in [0.1, 0.15) is 17.3 Å². The van der Waals surface area contributed by atoms with E-state index < -0.39 is 11.9 Å². The Morgan fingerprint density at radius 1 is 0.925 bits per heavy atom. The second-order valence-electron chi connectivity index (χ2n) is 9.47. The summed E-state index contributed by atoms with van der Waals surface area (Å²) in [6.07, 6.45) is -0.111. The second-order valence-corrected chi connectivity index (χ2v) is 9.47. The molecule has 1 aromatic heterocycles. The van der Waals surface area contributed by atoms with Crippen LogP contribution in [-0.2, 0) is 16.1 Å². The molecule has 1 unspecified atom stereocenters. The number of carbonyl (C=O) groups excluding carboxylic acids is 3. The van der Waals surface area contributed by atoms with E-state index in [9.17, 15) is 14.4 Å². The lowest BCUT2D eigenvalue weighted by Gasteiger charge is -2.28. The molecular formula is C32H25N3O5. The maximum Gasteiger partial charge on any atom is 0.257 e. The van der Waals surface area contributed by atoms with Crippen molar-refractivity contribution in [2.24, 2.45) is 0 Å². The van der Waals surface area contributed by atoms with Crippen molar-refractivity contribution >= 4 is 34.5 Å². The number of imide groups is 1. The minimum Gasteiger partial charge on any atom is -0.497 e. The summed E-state index contributed by atoms with van der Waals surface area (Å²) in [5.41, 5.74) is 3.82.